The standard InChI is InChI=1S/C21H28FN5.HI/c1-21(2,17-7-9-18(22)10-8-17)16-25-20(23-3)27-14-12-26(13-15-27)19-6-4-5-11-24-19;/h4-11H,12-16H2,1-3H3,(H,23,25);1H. The first-order chi connectivity index (χ1) is 13.0. The molecule has 1 aromatic carbocycles. The van der Waals surface area contributed by atoms with E-state index in [1.165, 1.54) is 12.1 Å². The summed E-state index contributed by atoms with van der Waals surface area (Å²) < 4.78 is 13.2. The molecule has 0 unspecified atom stereocenters. The Balaban J connectivity index is 0.00000280. The first kappa shape index (κ1) is 22.4. The van der Waals surface area contributed by atoms with Crippen LogP contribution in [0, 0.1) is 5.82 Å². The largest absolute Gasteiger partial charge is 0.355 e. The molecule has 1 fully saturated rings. The van der Waals surface area contributed by atoms with Gasteiger partial charge in [-0.3, -0.25) is 4.99 Å². The van der Waals surface area contributed by atoms with Gasteiger partial charge in [0.25, 0.3) is 0 Å². The number of piperazine rings is 1. The highest BCUT2D eigenvalue weighted by atomic mass is 127. The van der Waals surface area contributed by atoms with Gasteiger partial charge in [0.1, 0.15) is 11.6 Å². The Kier molecular flexibility index (Phi) is 8.03. The highest BCUT2D eigenvalue weighted by Gasteiger charge is 2.24. The number of nitrogens with one attached hydrogen (secondary N) is 1. The Morgan fingerprint density at radius 3 is 2.36 bits per heavy atom. The molecule has 0 bridgehead atoms. The Morgan fingerprint density at radius 1 is 1.11 bits per heavy atom. The molecule has 1 aromatic heterocycles. The quantitative estimate of drug-likeness (QED) is 0.399. The second kappa shape index (κ2) is 10.0. The highest BCUT2D eigenvalue weighted by Crippen LogP contribution is 2.22. The number of rotatable bonds is 4. The van der Waals surface area contributed by atoms with E-state index < -0.39 is 0 Å². The van der Waals surface area contributed by atoms with E-state index in [1.807, 2.05) is 43.6 Å². The molecule has 0 radical (unpaired) electrons. The van der Waals surface area contributed by atoms with Crippen LogP contribution in [0.2, 0.25) is 0 Å². The second-order valence-electron chi connectivity index (χ2n) is 7.45. The van der Waals surface area contributed by atoms with Crippen LogP contribution in [0.5, 0.6) is 0 Å². The van der Waals surface area contributed by atoms with Crippen molar-refractivity contribution in [1.29, 1.82) is 0 Å². The molecule has 2 aromatic rings. The van der Waals surface area contributed by atoms with Gasteiger partial charge in [-0.2, -0.15) is 0 Å². The molecule has 0 aliphatic carbocycles. The number of aromatic nitrogens is 1. The minimum absolute atomic E-state index is 0. The van der Waals surface area contributed by atoms with Crippen LogP contribution in [0.25, 0.3) is 0 Å². The van der Waals surface area contributed by atoms with Crippen molar-refractivity contribution in [2.45, 2.75) is 19.3 Å². The molecule has 28 heavy (non-hydrogen) atoms. The smallest absolute Gasteiger partial charge is 0.193 e. The number of guanidine groups is 1. The molecule has 152 valence electrons. The van der Waals surface area contributed by atoms with Gasteiger partial charge in [0.15, 0.2) is 5.96 Å². The fraction of sp³-hybridized carbons (Fsp3) is 0.429. The van der Waals surface area contributed by atoms with Gasteiger partial charge in [0.05, 0.1) is 0 Å². The number of anilines is 1. The zero-order chi connectivity index (χ0) is 19.3. The summed E-state index contributed by atoms with van der Waals surface area (Å²) in [6.07, 6.45) is 1.83. The van der Waals surface area contributed by atoms with Crippen LogP contribution in [0.4, 0.5) is 10.2 Å². The molecule has 0 saturated carbocycles. The number of nitrogens with zero attached hydrogens (tertiary/aromatic N) is 4. The van der Waals surface area contributed by atoms with Crippen molar-refractivity contribution in [2.75, 3.05) is 44.7 Å². The molecular weight excluding hydrogens is 468 g/mol. The molecular formula is C21H29FIN5. The highest BCUT2D eigenvalue weighted by molar-refractivity contribution is 14.0. The molecule has 1 aliphatic rings. The number of aliphatic imine (C=N–C) groups is 1. The van der Waals surface area contributed by atoms with Crippen molar-refractivity contribution in [3.8, 4) is 0 Å². The minimum Gasteiger partial charge on any atom is -0.355 e. The van der Waals surface area contributed by atoms with E-state index in [0.29, 0.717) is 0 Å². The lowest BCUT2D eigenvalue weighted by molar-refractivity contribution is 0.365. The average molecular weight is 497 g/mol. The van der Waals surface area contributed by atoms with Crippen LogP contribution in [0.15, 0.2) is 53.7 Å². The average Bonchev–Trinajstić information content (AvgIpc) is 2.70. The third-order valence-corrected chi connectivity index (χ3v) is 5.08. The topological polar surface area (TPSA) is 43.8 Å². The maximum atomic E-state index is 13.2. The summed E-state index contributed by atoms with van der Waals surface area (Å²) in [4.78, 5) is 13.5. The fourth-order valence-corrected chi connectivity index (χ4v) is 3.32. The molecule has 5 nitrogen and oxygen atoms in total. The van der Waals surface area contributed by atoms with Crippen molar-refractivity contribution in [3.63, 3.8) is 0 Å². The lowest BCUT2D eigenvalue weighted by Crippen LogP contribution is -2.54. The van der Waals surface area contributed by atoms with Crippen LogP contribution in [0.1, 0.15) is 19.4 Å². The van der Waals surface area contributed by atoms with Gasteiger partial charge in [-0.05, 0) is 29.8 Å². The van der Waals surface area contributed by atoms with Crippen LogP contribution in [0.3, 0.4) is 0 Å². The molecule has 1 N–H and O–H groups in total. The molecule has 3 rings (SSSR count). The molecule has 1 aliphatic heterocycles. The summed E-state index contributed by atoms with van der Waals surface area (Å²) in [7, 11) is 1.82. The predicted octanol–water partition coefficient (Wildman–Crippen LogP) is 3.51. The van der Waals surface area contributed by atoms with Crippen LogP contribution in [-0.4, -0.2) is 55.6 Å². The van der Waals surface area contributed by atoms with Gasteiger partial charge in [-0.1, -0.05) is 32.0 Å². The van der Waals surface area contributed by atoms with Crippen LogP contribution >= 0.6 is 24.0 Å². The van der Waals surface area contributed by atoms with Crippen molar-refractivity contribution >= 4 is 35.8 Å². The summed E-state index contributed by atoms with van der Waals surface area (Å²) in [6.45, 7) is 8.66. The molecule has 1 saturated heterocycles. The van der Waals surface area contributed by atoms with Crippen molar-refractivity contribution in [1.82, 2.24) is 15.2 Å². The molecule has 0 spiro atoms. The van der Waals surface area contributed by atoms with Gasteiger partial charge >= 0.3 is 0 Å². The van der Waals surface area contributed by atoms with Crippen molar-refractivity contribution in [2.24, 2.45) is 4.99 Å². The maximum absolute atomic E-state index is 13.2. The zero-order valence-electron chi connectivity index (χ0n) is 16.7. The van der Waals surface area contributed by atoms with E-state index in [9.17, 15) is 4.39 Å². The Morgan fingerprint density at radius 2 is 1.79 bits per heavy atom. The third-order valence-electron chi connectivity index (χ3n) is 5.08. The SMILES string of the molecule is CN=C(NCC(C)(C)c1ccc(F)cc1)N1CCN(c2ccccn2)CC1.I. The lowest BCUT2D eigenvalue weighted by Gasteiger charge is -2.38. The van der Waals surface area contributed by atoms with E-state index in [4.69, 9.17) is 0 Å². The summed E-state index contributed by atoms with van der Waals surface area (Å²) in [5.74, 6) is 1.73. The van der Waals surface area contributed by atoms with E-state index in [0.717, 1.165) is 50.1 Å². The van der Waals surface area contributed by atoms with E-state index in [1.54, 1.807) is 0 Å². The Bertz CT molecular complexity index is 756. The van der Waals surface area contributed by atoms with Crippen LogP contribution < -0.4 is 10.2 Å². The number of hydrogen-bond donors (Lipinski definition) is 1. The summed E-state index contributed by atoms with van der Waals surface area (Å²) in [5.41, 5.74) is 0.978. The Labute approximate surface area is 184 Å². The molecule has 0 atom stereocenters. The van der Waals surface area contributed by atoms with Gasteiger partial charge in [0.2, 0.25) is 0 Å². The van der Waals surface area contributed by atoms with Gasteiger partial charge in [-0.25, -0.2) is 9.37 Å². The van der Waals surface area contributed by atoms with Crippen LogP contribution in [-0.2, 0) is 5.41 Å². The fourth-order valence-electron chi connectivity index (χ4n) is 3.32. The van der Waals surface area contributed by atoms with E-state index >= 15 is 0 Å². The van der Waals surface area contributed by atoms with Gasteiger partial charge < -0.3 is 15.1 Å². The first-order valence-electron chi connectivity index (χ1n) is 9.37. The zero-order valence-corrected chi connectivity index (χ0v) is 19.1. The lowest BCUT2D eigenvalue weighted by atomic mass is 9.84. The molecule has 0 amide bonds. The number of pyridine rings is 1. The van der Waals surface area contributed by atoms with E-state index in [2.05, 4.69) is 38.9 Å². The monoisotopic (exact) mass is 497 g/mol. The van der Waals surface area contributed by atoms with Crippen molar-refractivity contribution in [3.05, 3.63) is 60.0 Å². The van der Waals surface area contributed by atoms with Gasteiger partial charge in [0, 0.05) is 51.4 Å². The molecule has 2 heterocycles. The predicted molar refractivity (Wildman–Crippen MR) is 124 cm³/mol. The van der Waals surface area contributed by atoms with Crippen molar-refractivity contribution < 1.29 is 4.39 Å². The maximum Gasteiger partial charge on any atom is 0.193 e. The number of benzene rings is 1. The van der Waals surface area contributed by atoms with E-state index in [-0.39, 0.29) is 35.2 Å². The third kappa shape index (κ3) is 5.56. The summed E-state index contributed by atoms with van der Waals surface area (Å²) in [5, 5.41) is 3.50. The normalized spacial score (nSPS) is 15.2. The second-order valence-corrected chi connectivity index (χ2v) is 7.45. The number of hydrogen-bond acceptors (Lipinski definition) is 3. The summed E-state index contributed by atoms with van der Waals surface area (Å²) in [6, 6.07) is 12.7. The number of halogens is 2. The first-order valence-corrected chi connectivity index (χ1v) is 9.37. The minimum atomic E-state index is -0.205. The Hall–Kier alpha value is -1.90. The van der Waals surface area contributed by atoms with Gasteiger partial charge in [-0.15, -0.1) is 24.0 Å². The summed E-state index contributed by atoms with van der Waals surface area (Å²) >= 11 is 0. The molecule has 7 heteroatoms.